The summed E-state index contributed by atoms with van der Waals surface area (Å²) < 4.78 is 50.0. The number of H-pyrrole nitrogens is 1. The largest absolute Gasteiger partial charge is 0.376 e. The lowest BCUT2D eigenvalue weighted by Gasteiger charge is -2.27. The van der Waals surface area contributed by atoms with Crippen LogP contribution in [0.15, 0.2) is 12.4 Å². The van der Waals surface area contributed by atoms with Gasteiger partial charge in [0, 0.05) is 18.8 Å². The van der Waals surface area contributed by atoms with Gasteiger partial charge in [-0.15, -0.1) is 0 Å². The molecule has 0 bridgehead atoms. The Labute approximate surface area is 120 Å². The zero-order chi connectivity index (χ0) is 15.2. The number of nitrogens with zero attached hydrogens (tertiary/aromatic N) is 1. The molecule has 1 aromatic heterocycles. The molecule has 2 unspecified atom stereocenters. The number of nitrogens with one attached hydrogen (secondary N) is 1. The van der Waals surface area contributed by atoms with Gasteiger partial charge in [-0.3, -0.25) is 0 Å². The Kier molecular flexibility index (Phi) is 6.29. The predicted molar refractivity (Wildman–Crippen MR) is 68.6 cm³/mol. The SMILES string of the molecule is CC(CC(F)(F)C(C)(F)Cl)OCCOCc1ncc[nH]1. The second-order valence-electron chi connectivity index (χ2n) is 4.57. The van der Waals surface area contributed by atoms with E-state index in [2.05, 4.69) is 9.97 Å². The lowest BCUT2D eigenvalue weighted by Crippen LogP contribution is -2.39. The highest BCUT2D eigenvalue weighted by molar-refractivity contribution is 6.23. The van der Waals surface area contributed by atoms with E-state index >= 15 is 0 Å². The zero-order valence-corrected chi connectivity index (χ0v) is 12.1. The van der Waals surface area contributed by atoms with Gasteiger partial charge in [0.15, 0.2) is 0 Å². The van der Waals surface area contributed by atoms with E-state index in [1.165, 1.54) is 6.92 Å². The number of imidazole rings is 1. The maximum atomic E-state index is 13.3. The van der Waals surface area contributed by atoms with Crippen LogP contribution in [0.25, 0.3) is 0 Å². The van der Waals surface area contributed by atoms with Crippen LogP contribution < -0.4 is 0 Å². The molecule has 0 amide bonds. The van der Waals surface area contributed by atoms with Crippen molar-refractivity contribution in [2.45, 2.75) is 44.0 Å². The topological polar surface area (TPSA) is 47.1 Å². The molecule has 8 heteroatoms. The van der Waals surface area contributed by atoms with Crippen molar-refractivity contribution in [2.24, 2.45) is 0 Å². The van der Waals surface area contributed by atoms with Gasteiger partial charge in [0.25, 0.3) is 5.92 Å². The molecule has 0 aromatic carbocycles. The second kappa shape index (κ2) is 7.28. The standard InChI is InChI=1S/C12H18ClF3N2O2/c1-9(7-12(15,16)11(2,13)14)20-6-5-19-8-10-17-3-4-18-10/h3-4,9H,5-8H2,1-2H3,(H,17,18). The normalized spacial score (nSPS) is 16.9. The smallest absolute Gasteiger partial charge is 0.297 e. The van der Waals surface area contributed by atoms with Crippen molar-refractivity contribution in [1.82, 2.24) is 9.97 Å². The summed E-state index contributed by atoms with van der Waals surface area (Å²) >= 11 is 5.00. The molecule has 1 rings (SSSR count). The fourth-order valence-corrected chi connectivity index (χ4v) is 1.53. The highest BCUT2D eigenvalue weighted by Gasteiger charge is 2.50. The first-order valence-corrected chi connectivity index (χ1v) is 6.53. The van der Waals surface area contributed by atoms with E-state index in [4.69, 9.17) is 21.1 Å². The molecule has 0 aliphatic heterocycles. The van der Waals surface area contributed by atoms with Gasteiger partial charge < -0.3 is 14.5 Å². The molecule has 1 heterocycles. The molecular formula is C12H18ClF3N2O2. The number of hydrogen-bond donors (Lipinski definition) is 1. The van der Waals surface area contributed by atoms with E-state index in [1.807, 2.05) is 0 Å². The molecule has 2 atom stereocenters. The average molecular weight is 315 g/mol. The minimum Gasteiger partial charge on any atom is -0.376 e. The van der Waals surface area contributed by atoms with Gasteiger partial charge in [0.2, 0.25) is 5.13 Å². The van der Waals surface area contributed by atoms with Gasteiger partial charge in [-0.2, -0.15) is 0 Å². The molecule has 1 N–H and O–H groups in total. The van der Waals surface area contributed by atoms with Crippen molar-refractivity contribution in [1.29, 1.82) is 0 Å². The van der Waals surface area contributed by atoms with Crippen LogP contribution in [0, 0.1) is 0 Å². The van der Waals surface area contributed by atoms with Crippen molar-refractivity contribution in [3.05, 3.63) is 18.2 Å². The lowest BCUT2D eigenvalue weighted by atomic mass is 10.1. The third-order valence-electron chi connectivity index (χ3n) is 2.61. The van der Waals surface area contributed by atoms with Crippen molar-refractivity contribution in [3.63, 3.8) is 0 Å². The first-order valence-electron chi connectivity index (χ1n) is 6.15. The molecule has 0 fully saturated rings. The Bertz CT molecular complexity index is 383. The summed E-state index contributed by atoms with van der Waals surface area (Å²) in [7, 11) is 0. The van der Waals surface area contributed by atoms with Gasteiger partial charge >= 0.3 is 0 Å². The number of hydrogen-bond acceptors (Lipinski definition) is 3. The second-order valence-corrected chi connectivity index (χ2v) is 5.28. The Morgan fingerprint density at radius 2 is 2.10 bits per heavy atom. The molecule has 0 radical (unpaired) electrons. The lowest BCUT2D eigenvalue weighted by molar-refractivity contribution is -0.123. The number of ether oxygens (including phenoxy) is 2. The van der Waals surface area contributed by atoms with Crippen molar-refractivity contribution in [3.8, 4) is 0 Å². The van der Waals surface area contributed by atoms with Crippen molar-refractivity contribution in [2.75, 3.05) is 13.2 Å². The minimum absolute atomic E-state index is 0.128. The summed E-state index contributed by atoms with van der Waals surface area (Å²) in [6.07, 6.45) is 1.65. The van der Waals surface area contributed by atoms with Crippen LogP contribution in [0.5, 0.6) is 0 Å². The van der Waals surface area contributed by atoms with Gasteiger partial charge in [-0.25, -0.2) is 18.2 Å². The Morgan fingerprint density at radius 1 is 1.40 bits per heavy atom. The Hall–Kier alpha value is -0.790. The molecule has 0 aliphatic rings. The average Bonchev–Trinajstić information content (AvgIpc) is 2.79. The van der Waals surface area contributed by atoms with E-state index < -0.39 is 23.6 Å². The van der Waals surface area contributed by atoms with Gasteiger partial charge in [-0.1, -0.05) is 11.6 Å². The molecule has 0 spiro atoms. The molecule has 4 nitrogen and oxygen atoms in total. The molecule has 116 valence electrons. The summed E-state index contributed by atoms with van der Waals surface area (Å²) in [6, 6.07) is 0. The van der Waals surface area contributed by atoms with Crippen molar-refractivity contribution < 1.29 is 22.6 Å². The number of aromatic nitrogens is 2. The van der Waals surface area contributed by atoms with Gasteiger partial charge in [0.1, 0.15) is 12.4 Å². The fraction of sp³-hybridized carbons (Fsp3) is 0.750. The summed E-state index contributed by atoms with van der Waals surface area (Å²) in [6.45, 7) is 2.70. The van der Waals surface area contributed by atoms with E-state index in [-0.39, 0.29) is 19.8 Å². The van der Waals surface area contributed by atoms with Gasteiger partial charge in [0.05, 0.1) is 19.3 Å². The zero-order valence-electron chi connectivity index (χ0n) is 11.3. The highest BCUT2D eigenvalue weighted by Crippen LogP contribution is 2.39. The molecular weight excluding hydrogens is 297 g/mol. The van der Waals surface area contributed by atoms with Crippen LogP contribution in [-0.2, 0) is 16.1 Å². The highest BCUT2D eigenvalue weighted by atomic mass is 35.5. The monoisotopic (exact) mass is 314 g/mol. The predicted octanol–water partition coefficient (Wildman–Crippen LogP) is 3.28. The van der Waals surface area contributed by atoms with Crippen LogP contribution in [-0.4, -0.2) is 40.3 Å². The third-order valence-corrected chi connectivity index (χ3v) is 2.89. The van der Waals surface area contributed by atoms with Crippen LogP contribution in [0.2, 0.25) is 0 Å². The summed E-state index contributed by atoms with van der Waals surface area (Å²) in [4.78, 5) is 6.80. The minimum atomic E-state index is -3.65. The van der Waals surface area contributed by atoms with E-state index in [1.54, 1.807) is 12.4 Å². The van der Waals surface area contributed by atoms with Crippen LogP contribution in [0.3, 0.4) is 0 Å². The summed E-state index contributed by atoms with van der Waals surface area (Å²) in [5.74, 6) is -2.98. The molecule has 0 aliphatic carbocycles. The Morgan fingerprint density at radius 3 is 2.65 bits per heavy atom. The van der Waals surface area contributed by atoms with Crippen LogP contribution in [0.1, 0.15) is 26.1 Å². The number of halogens is 4. The maximum Gasteiger partial charge on any atom is 0.297 e. The van der Waals surface area contributed by atoms with Crippen molar-refractivity contribution >= 4 is 11.6 Å². The molecule has 0 saturated carbocycles. The van der Waals surface area contributed by atoms with Crippen LogP contribution >= 0.6 is 11.6 Å². The number of alkyl halides is 4. The quantitative estimate of drug-likeness (QED) is 0.562. The molecule has 20 heavy (non-hydrogen) atoms. The summed E-state index contributed by atoms with van der Waals surface area (Å²) in [5.41, 5.74) is 0. The van der Waals surface area contributed by atoms with E-state index in [9.17, 15) is 13.2 Å². The third kappa shape index (κ3) is 5.68. The molecule has 0 saturated heterocycles. The van der Waals surface area contributed by atoms with E-state index in [0.717, 1.165) is 0 Å². The first-order chi connectivity index (χ1) is 9.22. The molecule has 1 aromatic rings. The maximum absolute atomic E-state index is 13.3. The summed E-state index contributed by atoms with van der Waals surface area (Å²) in [5, 5.41) is -3.08. The first kappa shape index (κ1) is 17.3. The fourth-order valence-electron chi connectivity index (χ4n) is 1.45. The van der Waals surface area contributed by atoms with E-state index in [0.29, 0.717) is 12.7 Å². The number of aromatic amines is 1. The van der Waals surface area contributed by atoms with Gasteiger partial charge in [-0.05, 0) is 13.8 Å². The Balaban J connectivity index is 2.15. The number of rotatable bonds is 9. The van der Waals surface area contributed by atoms with Crippen LogP contribution in [0.4, 0.5) is 13.2 Å².